The molecule has 10 heteroatoms. The molecule has 0 aliphatic carbocycles. The van der Waals surface area contributed by atoms with Crippen molar-refractivity contribution < 1.29 is 27.5 Å². The third kappa shape index (κ3) is 3.06. The van der Waals surface area contributed by atoms with Gasteiger partial charge in [0.25, 0.3) is 0 Å². The van der Waals surface area contributed by atoms with Gasteiger partial charge in [0.2, 0.25) is 0 Å². The fourth-order valence-corrected chi connectivity index (χ4v) is 2.47. The number of carbonyl (C=O) groups excluding carboxylic acids is 2. The van der Waals surface area contributed by atoms with Crippen molar-refractivity contribution in [3.8, 4) is 0 Å². The molecule has 0 saturated carbocycles. The number of Topliss-reactive ketones (excluding diaryl/α,β-unsaturated/α-hetero) is 1. The van der Waals surface area contributed by atoms with Gasteiger partial charge in [-0.15, -0.1) is 10.2 Å². The van der Waals surface area contributed by atoms with E-state index in [2.05, 4.69) is 14.9 Å². The third-order valence-electron chi connectivity index (χ3n) is 2.62. The van der Waals surface area contributed by atoms with Gasteiger partial charge >= 0.3 is 12.1 Å². The van der Waals surface area contributed by atoms with Crippen molar-refractivity contribution >= 4 is 29.2 Å². The van der Waals surface area contributed by atoms with Gasteiger partial charge in [0.15, 0.2) is 10.8 Å². The van der Waals surface area contributed by atoms with E-state index in [0.717, 1.165) is 31.0 Å². The molecule has 0 spiro atoms. The van der Waals surface area contributed by atoms with E-state index in [1.807, 2.05) is 0 Å². The molecular formula is C12H10F3N3O3S. The summed E-state index contributed by atoms with van der Waals surface area (Å²) in [6.45, 7) is 1.31. The summed E-state index contributed by atoms with van der Waals surface area (Å²) in [6, 6.07) is 1.73. The van der Waals surface area contributed by atoms with Crippen LogP contribution < -0.4 is 0 Å². The molecule has 2 heterocycles. The van der Waals surface area contributed by atoms with E-state index in [1.54, 1.807) is 0 Å². The van der Waals surface area contributed by atoms with Gasteiger partial charge in [0.05, 0.1) is 12.9 Å². The van der Waals surface area contributed by atoms with Crippen molar-refractivity contribution in [2.24, 2.45) is 0 Å². The third-order valence-corrected chi connectivity index (χ3v) is 3.70. The van der Waals surface area contributed by atoms with Crippen molar-refractivity contribution in [1.82, 2.24) is 14.6 Å². The molecule has 0 saturated heterocycles. The van der Waals surface area contributed by atoms with Crippen molar-refractivity contribution in [3.63, 3.8) is 0 Å². The maximum absolute atomic E-state index is 13.1. The number of nitrogens with zero attached hydrogens (tertiary/aromatic N) is 3. The minimum Gasteiger partial charge on any atom is -0.465 e. The van der Waals surface area contributed by atoms with E-state index >= 15 is 0 Å². The average Bonchev–Trinajstić information content (AvgIpc) is 2.86. The van der Waals surface area contributed by atoms with Gasteiger partial charge in [-0.05, 0) is 19.1 Å². The number of ketones is 1. The smallest absolute Gasteiger partial charge is 0.431 e. The quantitative estimate of drug-likeness (QED) is 0.631. The lowest BCUT2D eigenvalue weighted by Crippen LogP contribution is -2.15. The van der Waals surface area contributed by atoms with E-state index < -0.39 is 17.8 Å². The standard InChI is InChI=1S/C12H10F3N3O3S/c1-6(19)5-22-11-17-16-9-7(10(20)21-2)3-4-8(18(9)11)12(13,14)15/h3-4H,5H2,1-2H3. The molecule has 22 heavy (non-hydrogen) atoms. The van der Waals surface area contributed by atoms with Gasteiger partial charge in [-0.25, -0.2) is 4.79 Å². The van der Waals surface area contributed by atoms with Crippen molar-refractivity contribution in [2.45, 2.75) is 18.3 Å². The molecule has 6 nitrogen and oxygen atoms in total. The van der Waals surface area contributed by atoms with Crippen LogP contribution in [0.25, 0.3) is 5.65 Å². The maximum atomic E-state index is 13.1. The Balaban J connectivity index is 2.67. The Hall–Kier alpha value is -2.10. The van der Waals surface area contributed by atoms with Gasteiger partial charge in [-0.2, -0.15) is 13.2 Å². The van der Waals surface area contributed by atoms with E-state index in [1.165, 1.54) is 6.92 Å². The summed E-state index contributed by atoms with van der Waals surface area (Å²) < 4.78 is 44.6. The largest absolute Gasteiger partial charge is 0.465 e. The van der Waals surface area contributed by atoms with Gasteiger partial charge in [0, 0.05) is 0 Å². The number of methoxy groups -OCH3 is 1. The fourth-order valence-electron chi connectivity index (χ4n) is 1.72. The molecule has 0 aromatic carbocycles. The normalized spacial score (nSPS) is 11.7. The lowest BCUT2D eigenvalue weighted by Gasteiger charge is -2.12. The first-order chi connectivity index (χ1) is 10.3. The van der Waals surface area contributed by atoms with Crippen LogP contribution in [-0.4, -0.2) is 39.2 Å². The Kier molecular flexibility index (Phi) is 4.40. The molecule has 0 N–H and O–H groups in total. The molecule has 2 aromatic rings. The number of halogens is 3. The van der Waals surface area contributed by atoms with Crippen molar-refractivity contribution in [1.29, 1.82) is 0 Å². The number of aromatic nitrogens is 3. The molecule has 0 atom stereocenters. The first-order valence-corrected chi connectivity index (χ1v) is 6.90. The summed E-state index contributed by atoms with van der Waals surface area (Å²) >= 11 is 0.811. The summed E-state index contributed by atoms with van der Waals surface area (Å²) in [4.78, 5) is 22.6. The number of ether oxygens (including phenoxy) is 1. The number of thioether (sulfide) groups is 1. The van der Waals surface area contributed by atoms with Crippen LogP contribution in [0.15, 0.2) is 17.3 Å². The molecule has 0 radical (unpaired) electrons. The Morgan fingerprint density at radius 1 is 1.32 bits per heavy atom. The predicted molar refractivity (Wildman–Crippen MR) is 70.7 cm³/mol. The topological polar surface area (TPSA) is 73.6 Å². The highest BCUT2D eigenvalue weighted by molar-refractivity contribution is 7.99. The molecule has 0 amide bonds. The molecular weight excluding hydrogens is 323 g/mol. The van der Waals surface area contributed by atoms with Crippen LogP contribution in [0.2, 0.25) is 0 Å². The zero-order valence-corrected chi connectivity index (χ0v) is 12.3. The van der Waals surface area contributed by atoms with Crippen LogP contribution in [-0.2, 0) is 15.7 Å². The minimum absolute atomic E-state index is 0.0550. The second kappa shape index (κ2) is 5.95. The van der Waals surface area contributed by atoms with E-state index in [-0.39, 0.29) is 27.9 Å². The van der Waals surface area contributed by atoms with Crippen molar-refractivity contribution in [2.75, 3.05) is 12.9 Å². The molecule has 118 valence electrons. The Morgan fingerprint density at radius 2 is 2.00 bits per heavy atom. The summed E-state index contributed by atoms with van der Waals surface area (Å²) in [5.74, 6) is -1.10. The first kappa shape index (κ1) is 16.3. The predicted octanol–water partition coefficient (Wildman–Crippen LogP) is 2.22. The number of hydrogen-bond acceptors (Lipinski definition) is 6. The zero-order valence-electron chi connectivity index (χ0n) is 11.5. The molecule has 2 aromatic heterocycles. The summed E-state index contributed by atoms with van der Waals surface area (Å²) in [7, 11) is 1.11. The van der Waals surface area contributed by atoms with E-state index in [0.29, 0.717) is 4.40 Å². The summed E-state index contributed by atoms with van der Waals surface area (Å²) in [6.07, 6.45) is -4.67. The van der Waals surface area contributed by atoms with Gasteiger partial charge in [-0.3, -0.25) is 9.20 Å². The van der Waals surface area contributed by atoms with Crippen LogP contribution in [0.1, 0.15) is 23.0 Å². The fraction of sp³-hybridized carbons (Fsp3) is 0.333. The highest BCUT2D eigenvalue weighted by Gasteiger charge is 2.36. The minimum atomic E-state index is -4.67. The highest BCUT2D eigenvalue weighted by Crippen LogP contribution is 2.33. The highest BCUT2D eigenvalue weighted by atomic mass is 32.2. The number of esters is 1. The molecule has 2 rings (SSSR count). The maximum Gasteiger partial charge on any atom is 0.431 e. The van der Waals surface area contributed by atoms with Gasteiger partial charge in [0.1, 0.15) is 17.0 Å². The first-order valence-electron chi connectivity index (χ1n) is 5.91. The summed E-state index contributed by atoms with van der Waals surface area (Å²) in [5, 5.41) is 7.13. The lowest BCUT2D eigenvalue weighted by atomic mass is 10.2. The molecule has 0 bridgehead atoms. The zero-order chi connectivity index (χ0) is 16.5. The van der Waals surface area contributed by atoms with Crippen LogP contribution >= 0.6 is 11.8 Å². The summed E-state index contributed by atoms with van der Waals surface area (Å²) in [5.41, 5.74) is -1.45. The second-order valence-electron chi connectivity index (χ2n) is 4.25. The van der Waals surface area contributed by atoms with Crippen molar-refractivity contribution in [3.05, 3.63) is 23.4 Å². The average molecular weight is 333 g/mol. The molecule has 0 fully saturated rings. The van der Waals surface area contributed by atoms with Crippen LogP contribution in [0.4, 0.5) is 13.2 Å². The van der Waals surface area contributed by atoms with Crippen LogP contribution in [0.5, 0.6) is 0 Å². The van der Waals surface area contributed by atoms with Crippen LogP contribution in [0, 0.1) is 0 Å². The number of hydrogen-bond donors (Lipinski definition) is 0. The van der Waals surface area contributed by atoms with Gasteiger partial charge in [-0.1, -0.05) is 11.8 Å². The molecule has 0 aliphatic heterocycles. The monoisotopic (exact) mass is 333 g/mol. The lowest BCUT2D eigenvalue weighted by molar-refractivity contribution is -0.142. The number of carbonyl (C=O) groups is 2. The Morgan fingerprint density at radius 3 is 2.55 bits per heavy atom. The SMILES string of the molecule is COC(=O)c1ccc(C(F)(F)F)n2c(SCC(C)=O)nnc12. The number of rotatable bonds is 4. The number of alkyl halides is 3. The Bertz CT molecular complexity index is 742. The van der Waals surface area contributed by atoms with Crippen LogP contribution in [0.3, 0.4) is 0 Å². The number of fused-ring (bicyclic) bond motifs is 1. The van der Waals surface area contributed by atoms with Gasteiger partial charge < -0.3 is 4.74 Å². The molecule has 0 unspecified atom stereocenters. The molecule has 0 aliphatic rings. The Labute approximate surface area is 126 Å². The number of pyridine rings is 1. The second-order valence-corrected chi connectivity index (χ2v) is 5.20. The van der Waals surface area contributed by atoms with E-state index in [4.69, 9.17) is 0 Å². The van der Waals surface area contributed by atoms with E-state index in [9.17, 15) is 22.8 Å².